The number of thiophene rings is 1. The summed E-state index contributed by atoms with van der Waals surface area (Å²) in [5, 5.41) is 9.39. The van der Waals surface area contributed by atoms with Crippen molar-refractivity contribution in [3.05, 3.63) is 46.3 Å². The summed E-state index contributed by atoms with van der Waals surface area (Å²) in [7, 11) is 0. The molecule has 1 N–H and O–H groups in total. The largest absolute Gasteiger partial charge is 0.477 e. The zero-order valence-electron chi connectivity index (χ0n) is 9.56. The molecule has 0 atom stereocenters. The maximum atomic E-state index is 10.7. The fourth-order valence-corrected chi connectivity index (χ4v) is 2.10. The lowest BCUT2D eigenvalue weighted by molar-refractivity contribution is 0.0702. The minimum Gasteiger partial charge on any atom is -0.477 e. The molecular formula is C13H12O3S. The molecule has 0 fully saturated rings. The second-order valence-corrected chi connectivity index (χ2v) is 4.82. The number of hydrogen-bond donors (Lipinski definition) is 1. The summed E-state index contributed by atoms with van der Waals surface area (Å²) < 4.78 is 5.60. The molecule has 4 heteroatoms. The van der Waals surface area contributed by atoms with E-state index >= 15 is 0 Å². The van der Waals surface area contributed by atoms with Gasteiger partial charge in [0.1, 0.15) is 10.6 Å². The molecule has 0 aliphatic carbocycles. The topological polar surface area (TPSA) is 46.5 Å². The van der Waals surface area contributed by atoms with Crippen LogP contribution in [0.15, 0.2) is 30.3 Å². The third kappa shape index (κ3) is 2.65. The van der Waals surface area contributed by atoms with Crippen molar-refractivity contribution in [1.29, 1.82) is 0 Å². The fraction of sp³-hybridized carbons (Fsp3) is 0.154. The first kappa shape index (κ1) is 11.7. The van der Waals surface area contributed by atoms with E-state index < -0.39 is 5.97 Å². The van der Waals surface area contributed by atoms with E-state index in [9.17, 15) is 4.79 Å². The number of rotatable bonds is 3. The summed E-state index contributed by atoms with van der Waals surface area (Å²) in [6.45, 7) is 4.05. The van der Waals surface area contributed by atoms with Gasteiger partial charge in [-0.15, -0.1) is 0 Å². The number of hydrogen-bond acceptors (Lipinski definition) is 3. The molecule has 0 amide bonds. The summed E-state index contributed by atoms with van der Waals surface area (Å²) in [6, 6.07) is 9.01. The Labute approximate surface area is 103 Å². The highest BCUT2D eigenvalue weighted by Crippen LogP contribution is 2.30. The first-order chi connectivity index (χ1) is 8.06. The lowest BCUT2D eigenvalue weighted by Crippen LogP contribution is -1.89. The zero-order chi connectivity index (χ0) is 12.4. The zero-order valence-corrected chi connectivity index (χ0v) is 10.4. The molecule has 0 aliphatic heterocycles. The molecule has 0 spiro atoms. The second kappa shape index (κ2) is 4.59. The normalized spacial score (nSPS) is 10.2. The predicted molar refractivity (Wildman–Crippen MR) is 67.3 cm³/mol. The van der Waals surface area contributed by atoms with Crippen LogP contribution in [0.2, 0.25) is 0 Å². The van der Waals surface area contributed by atoms with E-state index in [0.717, 1.165) is 22.6 Å². The van der Waals surface area contributed by atoms with E-state index in [0.29, 0.717) is 5.06 Å². The van der Waals surface area contributed by atoms with Crippen LogP contribution in [0.1, 0.15) is 20.8 Å². The molecule has 0 bridgehead atoms. The summed E-state index contributed by atoms with van der Waals surface area (Å²) in [6.07, 6.45) is 0. The van der Waals surface area contributed by atoms with Crippen molar-refractivity contribution in [2.24, 2.45) is 0 Å². The van der Waals surface area contributed by atoms with Gasteiger partial charge in [-0.1, -0.05) is 17.4 Å². The van der Waals surface area contributed by atoms with Crippen LogP contribution in [0.3, 0.4) is 0 Å². The van der Waals surface area contributed by atoms with Gasteiger partial charge in [-0.3, -0.25) is 0 Å². The van der Waals surface area contributed by atoms with Gasteiger partial charge in [-0.25, -0.2) is 4.79 Å². The van der Waals surface area contributed by atoms with Crippen LogP contribution in [0, 0.1) is 13.8 Å². The quantitative estimate of drug-likeness (QED) is 0.897. The SMILES string of the molecule is Cc1ccc(Oc2ccc(C(=O)O)s2)cc1C. The number of carboxylic acid groups (broad SMARTS) is 1. The maximum Gasteiger partial charge on any atom is 0.345 e. The van der Waals surface area contributed by atoms with Crippen LogP contribution in [0.5, 0.6) is 10.8 Å². The highest BCUT2D eigenvalue weighted by atomic mass is 32.1. The van der Waals surface area contributed by atoms with E-state index in [1.54, 1.807) is 12.1 Å². The molecule has 2 aromatic rings. The molecule has 1 aromatic heterocycles. The van der Waals surface area contributed by atoms with Crippen molar-refractivity contribution in [3.63, 3.8) is 0 Å². The number of aromatic carboxylic acids is 1. The highest BCUT2D eigenvalue weighted by molar-refractivity contribution is 7.15. The summed E-state index contributed by atoms with van der Waals surface area (Å²) in [5.74, 6) is -0.197. The molecule has 88 valence electrons. The molecule has 0 saturated heterocycles. The van der Waals surface area contributed by atoms with Crippen LogP contribution in [-0.4, -0.2) is 11.1 Å². The first-order valence-corrected chi connectivity index (χ1v) is 5.96. The molecule has 2 rings (SSSR count). The highest BCUT2D eigenvalue weighted by Gasteiger charge is 2.08. The number of ether oxygens (including phenoxy) is 1. The smallest absolute Gasteiger partial charge is 0.345 e. The number of aryl methyl sites for hydroxylation is 2. The monoisotopic (exact) mass is 248 g/mol. The molecular weight excluding hydrogens is 236 g/mol. The molecule has 0 unspecified atom stereocenters. The summed E-state index contributed by atoms with van der Waals surface area (Å²) in [5.41, 5.74) is 2.35. The lowest BCUT2D eigenvalue weighted by atomic mass is 10.1. The Bertz CT molecular complexity index is 558. The Morgan fingerprint density at radius 2 is 1.94 bits per heavy atom. The van der Waals surface area contributed by atoms with Gasteiger partial charge in [0.25, 0.3) is 0 Å². The van der Waals surface area contributed by atoms with Gasteiger partial charge in [-0.2, -0.15) is 0 Å². The van der Waals surface area contributed by atoms with Crippen LogP contribution >= 0.6 is 11.3 Å². The maximum absolute atomic E-state index is 10.7. The third-order valence-electron chi connectivity index (χ3n) is 2.49. The average molecular weight is 248 g/mol. The molecule has 1 aromatic carbocycles. The Morgan fingerprint density at radius 3 is 2.53 bits per heavy atom. The summed E-state index contributed by atoms with van der Waals surface area (Å²) >= 11 is 1.12. The minimum absolute atomic E-state index is 0.281. The second-order valence-electron chi connectivity index (χ2n) is 3.77. The van der Waals surface area contributed by atoms with E-state index in [2.05, 4.69) is 0 Å². The predicted octanol–water partition coefficient (Wildman–Crippen LogP) is 3.86. The fourth-order valence-electron chi connectivity index (χ4n) is 1.38. The van der Waals surface area contributed by atoms with Crippen molar-refractivity contribution < 1.29 is 14.6 Å². The van der Waals surface area contributed by atoms with Crippen molar-refractivity contribution in [2.45, 2.75) is 13.8 Å². The van der Waals surface area contributed by atoms with Crippen molar-refractivity contribution in [3.8, 4) is 10.8 Å². The van der Waals surface area contributed by atoms with Gasteiger partial charge >= 0.3 is 5.97 Å². The Kier molecular flexibility index (Phi) is 3.15. The van der Waals surface area contributed by atoms with Gasteiger partial charge in [0.05, 0.1) is 0 Å². The van der Waals surface area contributed by atoms with E-state index in [4.69, 9.17) is 9.84 Å². The van der Waals surface area contributed by atoms with Gasteiger partial charge in [0.15, 0.2) is 5.06 Å². The van der Waals surface area contributed by atoms with Crippen molar-refractivity contribution >= 4 is 17.3 Å². The van der Waals surface area contributed by atoms with E-state index in [1.807, 2.05) is 32.0 Å². The lowest BCUT2D eigenvalue weighted by Gasteiger charge is -2.05. The van der Waals surface area contributed by atoms with Gasteiger partial charge < -0.3 is 9.84 Å². The van der Waals surface area contributed by atoms with Crippen LogP contribution in [-0.2, 0) is 0 Å². The van der Waals surface area contributed by atoms with Crippen molar-refractivity contribution in [2.75, 3.05) is 0 Å². The molecule has 0 radical (unpaired) electrons. The number of carbonyl (C=O) groups is 1. The first-order valence-electron chi connectivity index (χ1n) is 5.14. The molecule has 0 aliphatic rings. The molecule has 17 heavy (non-hydrogen) atoms. The Balaban J connectivity index is 2.19. The van der Waals surface area contributed by atoms with Gasteiger partial charge in [0, 0.05) is 0 Å². The summed E-state index contributed by atoms with van der Waals surface area (Å²) in [4.78, 5) is 11.0. The molecule has 0 saturated carbocycles. The number of carboxylic acids is 1. The Hall–Kier alpha value is -1.81. The van der Waals surface area contributed by atoms with Crippen LogP contribution in [0.25, 0.3) is 0 Å². The van der Waals surface area contributed by atoms with Crippen LogP contribution in [0.4, 0.5) is 0 Å². The molecule has 3 nitrogen and oxygen atoms in total. The Morgan fingerprint density at radius 1 is 1.18 bits per heavy atom. The van der Waals surface area contributed by atoms with E-state index in [-0.39, 0.29) is 4.88 Å². The average Bonchev–Trinajstić information content (AvgIpc) is 2.72. The standard InChI is InChI=1S/C13H12O3S/c1-8-3-4-10(7-9(8)2)16-12-6-5-11(17-12)13(14)15/h3-7H,1-2H3,(H,14,15). The van der Waals surface area contributed by atoms with Gasteiger partial charge in [-0.05, 0) is 49.2 Å². The van der Waals surface area contributed by atoms with Crippen molar-refractivity contribution in [1.82, 2.24) is 0 Å². The van der Waals surface area contributed by atoms with Crippen LogP contribution < -0.4 is 4.74 Å². The molecule has 1 heterocycles. The third-order valence-corrected chi connectivity index (χ3v) is 3.44. The minimum atomic E-state index is -0.926. The van der Waals surface area contributed by atoms with E-state index in [1.165, 1.54) is 5.56 Å². The number of benzene rings is 1. The van der Waals surface area contributed by atoms with Gasteiger partial charge in [0.2, 0.25) is 0 Å².